The van der Waals surface area contributed by atoms with E-state index in [2.05, 4.69) is 18.7 Å². The third kappa shape index (κ3) is 41.4. The predicted octanol–water partition coefficient (Wildman–Crippen LogP) is 12.3. The van der Waals surface area contributed by atoms with Crippen molar-refractivity contribution in [2.24, 2.45) is 0 Å². The van der Waals surface area contributed by atoms with Crippen LogP contribution in [0, 0.1) is 0 Å². The summed E-state index contributed by atoms with van der Waals surface area (Å²) in [4.78, 5) is 14.2. The summed E-state index contributed by atoms with van der Waals surface area (Å²) in [5.41, 5.74) is 0. The number of rotatable bonds is 35. The molecule has 0 atom stereocenters. The molecule has 0 radical (unpaired) electrons. The molecule has 0 spiro atoms. The molecule has 1 amide bonds. The van der Waals surface area contributed by atoms with Crippen LogP contribution in [-0.2, 0) is 4.79 Å². The van der Waals surface area contributed by atoms with Gasteiger partial charge < -0.3 is 15.1 Å². The Morgan fingerprint density at radius 2 is 0.545 bits per heavy atom. The molecule has 266 valence electrons. The van der Waals surface area contributed by atoms with E-state index in [-0.39, 0.29) is 19.1 Å². The third-order valence-electron chi connectivity index (χ3n) is 9.11. The Kier molecular flexibility index (Phi) is 43.8. The Hall–Kier alpha value is -0.610. The van der Waals surface area contributed by atoms with Crippen molar-refractivity contribution < 1.29 is 15.0 Å². The molecule has 0 aromatic rings. The van der Waals surface area contributed by atoms with E-state index < -0.39 is 0 Å². The molecule has 0 unspecified atom stereocenters. The molecule has 0 aromatic heterocycles. The van der Waals surface area contributed by atoms with E-state index in [1.54, 1.807) is 6.92 Å². The van der Waals surface area contributed by atoms with Crippen molar-refractivity contribution in [1.29, 1.82) is 0 Å². The monoisotopic (exact) mass is 626 g/mol. The van der Waals surface area contributed by atoms with Crippen LogP contribution in [0.2, 0.25) is 0 Å². The van der Waals surface area contributed by atoms with E-state index in [0.717, 1.165) is 13.1 Å². The minimum Gasteiger partial charge on any atom is -0.394 e. The number of nitrogens with zero attached hydrogens (tertiary/aromatic N) is 1. The predicted molar refractivity (Wildman–Crippen MR) is 196 cm³/mol. The summed E-state index contributed by atoms with van der Waals surface area (Å²) >= 11 is 0. The first kappa shape index (κ1) is 45.5. The van der Waals surface area contributed by atoms with Gasteiger partial charge in [0.25, 0.3) is 0 Å². The summed E-state index contributed by atoms with van der Waals surface area (Å²) in [5, 5.41) is 15.2. The van der Waals surface area contributed by atoms with Gasteiger partial charge in [0.15, 0.2) is 0 Å². The zero-order valence-electron chi connectivity index (χ0n) is 30.7. The highest BCUT2D eigenvalue weighted by molar-refractivity contribution is 5.73. The number of unbranched alkanes of at least 4 members (excludes halogenated alkanes) is 30. The summed E-state index contributed by atoms with van der Waals surface area (Å²) in [6.07, 6.45) is 44.9. The average Bonchev–Trinajstić information content (AvgIpc) is 3.03. The van der Waals surface area contributed by atoms with E-state index in [0.29, 0.717) is 0 Å². The normalized spacial score (nSPS) is 11.0. The smallest absolute Gasteiger partial charge is 0.219 e. The molecule has 0 aliphatic rings. The second kappa shape index (κ2) is 42.4. The van der Waals surface area contributed by atoms with Gasteiger partial charge >= 0.3 is 0 Å². The molecule has 0 fully saturated rings. The van der Waals surface area contributed by atoms with Crippen molar-refractivity contribution in [1.82, 2.24) is 4.90 Å². The molecule has 0 bridgehead atoms. The van der Waals surface area contributed by atoms with Crippen LogP contribution in [0.25, 0.3) is 0 Å². The first-order valence-electron chi connectivity index (χ1n) is 20.1. The van der Waals surface area contributed by atoms with E-state index in [1.807, 2.05) is 0 Å². The number of carbonyl (C=O) groups is 1. The van der Waals surface area contributed by atoms with Gasteiger partial charge in [0.1, 0.15) is 0 Å². The number of aliphatic hydroxyl groups excluding tert-OH is 2. The van der Waals surface area contributed by atoms with Crippen LogP contribution < -0.4 is 0 Å². The van der Waals surface area contributed by atoms with Crippen molar-refractivity contribution >= 4 is 5.91 Å². The number of carbonyl (C=O) groups excluding carboxylic acids is 1. The lowest BCUT2D eigenvalue weighted by molar-refractivity contribution is -0.129. The minimum atomic E-state index is -0.125. The highest BCUT2D eigenvalue weighted by atomic mass is 16.3. The van der Waals surface area contributed by atoms with Crippen molar-refractivity contribution in [3.05, 3.63) is 0 Å². The summed E-state index contributed by atoms with van der Waals surface area (Å²) in [6, 6.07) is 0. The molecule has 0 aliphatic heterocycles. The van der Waals surface area contributed by atoms with Gasteiger partial charge in [-0.25, -0.2) is 0 Å². The van der Waals surface area contributed by atoms with Gasteiger partial charge in [-0.1, -0.05) is 206 Å². The van der Waals surface area contributed by atoms with Crippen LogP contribution in [0.15, 0.2) is 0 Å². The molecule has 2 N–H and O–H groups in total. The Balaban J connectivity index is 0. The maximum atomic E-state index is 12.1. The Morgan fingerprint density at radius 3 is 0.705 bits per heavy atom. The molecule has 0 saturated heterocycles. The molecule has 0 saturated carbocycles. The molecular weight excluding hydrogens is 542 g/mol. The summed E-state index contributed by atoms with van der Waals surface area (Å²) < 4.78 is 0. The number of hydrogen-bond acceptors (Lipinski definition) is 3. The van der Waals surface area contributed by atoms with Crippen molar-refractivity contribution in [2.45, 2.75) is 226 Å². The Labute approximate surface area is 277 Å². The first-order chi connectivity index (χ1) is 21.6. The fourth-order valence-corrected chi connectivity index (χ4v) is 6.13. The standard InChI is InChI=1S/C38H77NO.C2H6O2/c1-4-6-8-10-12-14-16-18-20-22-24-26-28-30-32-34-36-39(38(3)40)37-35-33-31-29-27-25-23-21-19-17-15-13-11-9-7-5-2;3-1-2-4/h4-37H2,1-3H3;3-4H,1-2H2. The van der Waals surface area contributed by atoms with Gasteiger partial charge in [0.2, 0.25) is 5.91 Å². The van der Waals surface area contributed by atoms with Crippen LogP contribution in [-0.4, -0.2) is 47.3 Å². The van der Waals surface area contributed by atoms with Crippen LogP contribution in [0.5, 0.6) is 0 Å². The van der Waals surface area contributed by atoms with Crippen LogP contribution >= 0.6 is 0 Å². The molecule has 0 aromatic carbocycles. The van der Waals surface area contributed by atoms with Crippen LogP contribution in [0.3, 0.4) is 0 Å². The highest BCUT2D eigenvalue weighted by Crippen LogP contribution is 2.16. The zero-order valence-corrected chi connectivity index (χ0v) is 30.7. The minimum absolute atomic E-state index is 0.125. The maximum Gasteiger partial charge on any atom is 0.219 e. The van der Waals surface area contributed by atoms with Gasteiger partial charge in [-0.05, 0) is 12.8 Å². The molecule has 4 nitrogen and oxygen atoms in total. The van der Waals surface area contributed by atoms with E-state index in [4.69, 9.17) is 10.2 Å². The lowest BCUT2D eigenvalue weighted by Gasteiger charge is -2.21. The van der Waals surface area contributed by atoms with E-state index in [9.17, 15) is 4.79 Å². The lowest BCUT2D eigenvalue weighted by Crippen LogP contribution is -2.30. The molecule has 0 heterocycles. The second-order valence-corrected chi connectivity index (χ2v) is 13.6. The summed E-state index contributed by atoms with van der Waals surface area (Å²) in [6.45, 7) is 8.06. The van der Waals surface area contributed by atoms with Gasteiger partial charge in [-0.3, -0.25) is 4.79 Å². The van der Waals surface area contributed by atoms with Crippen LogP contribution in [0.4, 0.5) is 0 Å². The van der Waals surface area contributed by atoms with E-state index >= 15 is 0 Å². The van der Waals surface area contributed by atoms with Crippen molar-refractivity contribution in [3.63, 3.8) is 0 Å². The zero-order chi connectivity index (χ0) is 32.6. The molecule has 0 aliphatic carbocycles. The van der Waals surface area contributed by atoms with Gasteiger partial charge in [0.05, 0.1) is 13.2 Å². The number of hydrogen-bond donors (Lipinski definition) is 2. The maximum absolute atomic E-state index is 12.1. The third-order valence-corrected chi connectivity index (χ3v) is 9.11. The second-order valence-electron chi connectivity index (χ2n) is 13.6. The van der Waals surface area contributed by atoms with Gasteiger partial charge in [-0.15, -0.1) is 0 Å². The number of aliphatic hydroxyl groups is 2. The quantitative estimate of drug-likeness (QED) is 0.0689. The van der Waals surface area contributed by atoms with Crippen molar-refractivity contribution in [2.75, 3.05) is 26.3 Å². The average molecular weight is 626 g/mol. The van der Waals surface area contributed by atoms with Crippen LogP contribution in [0.1, 0.15) is 226 Å². The number of amides is 1. The molecular formula is C40H83NO3. The van der Waals surface area contributed by atoms with Gasteiger partial charge in [-0.2, -0.15) is 0 Å². The lowest BCUT2D eigenvalue weighted by atomic mass is 10.0. The largest absolute Gasteiger partial charge is 0.394 e. The summed E-state index contributed by atoms with van der Waals surface area (Å²) in [7, 11) is 0. The molecule has 4 heteroatoms. The Morgan fingerprint density at radius 1 is 0.364 bits per heavy atom. The van der Waals surface area contributed by atoms with Gasteiger partial charge in [0, 0.05) is 20.0 Å². The van der Waals surface area contributed by atoms with Crippen molar-refractivity contribution in [3.8, 4) is 0 Å². The summed E-state index contributed by atoms with van der Waals surface area (Å²) in [5.74, 6) is 0.280. The molecule has 44 heavy (non-hydrogen) atoms. The van der Waals surface area contributed by atoms with E-state index in [1.165, 1.54) is 205 Å². The first-order valence-corrected chi connectivity index (χ1v) is 20.1. The highest BCUT2D eigenvalue weighted by Gasteiger charge is 2.07. The fourth-order valence-electron chi connectivity index (χ4n) is 6.13. The Bertz CT molecular complexity index is 475. The SMILES string of the molecule is CCCCCCCCCCCCCCCCCCN(CCCCCCCCCCCCCCCCCC)C(C)=O.OCCO. The fraction of sp³-hybridized carbons (Fsp3) is 0.975. The molecule has 0 rings (SSSR count). The topological polar surface area (TPSA) is 60.8 Å².